The third kappa shape index (κ3) is 3.87. The molecule has 1 amide bonds. The van der Waals surface area contributed by atoms with Crippen LogP contribution in [0.2, 0.25) is 0 Å². The molecule has 0 aromatic heterocycles. The van der Waals surface area contributed by atoms with Crippen molar-refractivity contribution >= 4 is 18.5 Å². The van der Waals surface area contributed by atoms with Gasteiger partial charge in [0.25, 0.3) is 0 Å². The number of hydrogen-bond acceptors (Lipinski definition) is 3. The van der Waals surface area contributed by atoms with Gasteiger partial charge in [-0.1, -0.05) is 24.3 Å². The van der Waals surface area contributed by atoms with E-state index in [0.29, 0.717) is 6.54 Å². The van der Waals surface area contributed by atoms with E-state index in [1.807, 2.05) is 32.9 Å². The van der Waals surface area contributed by atoms with Crippen LogP contribution in [0.1, 0.15) is 31.9 Å². The molecule has 0 radical (unpaired) electrons. The topological polar surface area (TPSA) is 64.3 Å². The number of carbonyl (C=O) groups is 1. The molecule has 3 N–H and O–H groups in total. The van der Waals surface area contributed by atoms with Gasteiger partial charge in [0.2, 0.25) is 0 Å². The maximum atomic E-state index is 11.9. The van der Waals surface area contributed by atoms with Gasteiger partial charge < -0.3 is 15.8 Å². The van der Waals surface area contributed by atoms with E-state index in [9.17, 15) is 4.79 Å². The number of nitrogens with one attached hydrogen (secondary N) is 1. The van der Waals surface area contributed by atoms with E-state index in [2.05, 4.69) is 17.4 Å². The molecule has 0 spiro atoms. The zero-order chi connectivity index (χ0) is 14.1. The fourth-order valence-corrected chi connectivity index (χ4v) is 2.50. The van der Waals surface area contributed by atoms with Crippen LogP contribution < -0.4 is 11.1 Å². The zero-order valence-corrected chi connectivity index (χ0v) is 13.0. The summed E-state index contributed by atoms with van der Waals surface area (Å²) in [7, 11) is 0. The highest BCUT2D eigenvalue weighted by Gasteiger charge is 2.38. The second-order valence-electron chi connectivity index (χ2n) is 6.23. The number of ether oxygens (including phenoxy) is 1. The summed E-state index contributed by atoms with van der Waals surface area (Å²) in [5, 5.41) is 2.96. The average molecular weight is 299 g/mol. The first-order chi connectivity index (χ1) is 8.84. The van der Waals surface area contributed by atoms with Gasteiger partial charge in [-0.15, -0.1) is 12.4 Å². The standard InChI is InChI=1S/C15H22N2O2.ClH/c1-14(2,3)19-13(18)17-15(10-16)8-11-6-4-5-7-12(11)9-15;/h4-7H,8-10,16H2,1-3H3,(H,17,18);1H. The monoisotopic (exact) mass is 298 g/mol. The van der Waals surface area contributed by atoms with E-state index >= 15 is 0 Å². The van der Waals surface area contributed by atoms with Crippen LogP contribution in [0.5, 0.6) is 0 Å². The number of rotatable bonds is 2. The summed E-state index contributed by atoms with van der Waals surface area (Å²) in [5.41, 5.74) is 7.49. The lowest BCUT2D eigenvalue weighted by Crippen LogP contribution is -2.55. The highest BCUT2D eigenvalue weighted by atomic mass is 35.5. The van der Waals surface area contributed by atoms with E-state index in [4.69, 9.17) is 10.5 Å². The SMILES string of the molecule is CC(C)(C)OC(=O)NC1(CN)Cc2ccccc2C1.Cl. The van der Waals surface area contributed by atoms with Gasteiger partial charge >= 0.3 is 6.09 Å². The van der Waals surface area contributed by atoms with Crippen LogP contribution >= 0.6 is 12.4 Å². The molecule has 5 heteroatoms. The molecule has 2 rings (SSSR count). The van der Waals surface area contributed by atoms with Crippen LogP contribution in [-0.4, -0.2) is 23.8 Å². The Morgan fingerprint density at radius 1 is 1.30 bits per heavy atom. The number of alkyl carbamates (subject to hydrolysis) is 1. The predicted octanol–water partition coefficient (Wildman–Crippen LogP) is 2.43. The number of amides is 1. The summed E-state index contributed by atoms with van der Waals surface area (Å²) in [6.07, 6.45) is 1.13. The molecule has 0 saturated carbocycles. The van der Waals surface area contributed by atoms with Gasteiger partial charge in [0.05, 0.1) is 5.54 Å². The van der Waals surface area contributed by atoms with Crippen LogP contribution in [0, 0.1) is 0 Å². The van der Waals surface area contributed by atoms with Crippen LogP contribution in [0.25, 0.3) is 0 Å². The van der Waals surface area contributed by atoms with Crippen molar-refractivity contribution in [1.29, 1.82) is 0 Å². The third-order valence-electron chi connectivity index (χ3n) is 3.33. The molecule has 0 saturated heterocycles. The fourth-order valence-electron chi connectivity index (χ4n) is 2.50. The van der Waals surface area contributed by atoms with Gasteiger partial charge in [-0.05, 0) is 44.7 Å². The molecule has 112 valence electrons. The van der Waals surface area contributed by atoms with Crippen LogP contribution in [0.15, 0.2) is 24.3 Å². The number of benzene rings is 1. The van der Waals surface area contributed by atoms with Crippen molar-refractivity contribution in [3.8, 4) is 0 Å². The van der Waals surface area contributed by atoms with Gasteiger partial charge in [-0.3, -0.25) is 0 Å². The molecule has 1 aromatic rings. The summed E-state index contributed by atoms with van der Waals surface area (Å²) in [6.45, 7) is 5.96. The van der Waals surface area contributed by atoms with Crippen LogP contribution in [0.3, 0.4) is 0 Å². The average Bonchev–Trinajstić information content (AvgIpc) is 2.64. The van der Waals surface area contributed by atoms with E-state index in [1.165, 1.54) is 11.1 Å². The highest BCUT2D eigenvalue weighted by Crippen LogP contribution is 2.29. The van der Waals surface area contributed by atoms with Crippen molar-refractivity contribution < 1.29 is 9.53 Å². The minimum atomic E-state index is -0.495. The summed E-state index contributed by atoms with van der Waals surface area (Å²) in [4.78, 5) is 11.9. The summed E-state index contributed by atoms with van der Waals surface area (Å²) >= 11 is 0. The minimum Gasteiger partial charge on any atom is -0.444 e. The summed E-state index contributed by atoms with van der Waals surface area (Å²) < 4.78 is 5.32. The van der Waals surface area contributed by atoms with Gasteiger partial charge in [-0.25, -0.2) is 4.79 Å². The number of carbonyl (C=O) groups excluding carboxylic acids is 1. The van der Waals surface area contributed by atoms with E-state index in [0.717, 1.165) is 12.8 Å². The lowest BCUT2D eigenvalue weighted by Gasteiger charge is -2.30. The second kappa shape index (κ2) is 6.02. The molecule has 1 aromatic carbocycles. The molecule has 0 bridgehead atoms. The molecule has 0 aliphatic heterocycles. The molecular weight excluding hydrogens is 276 g/mol. The van der Waals surface area contributed by atoms with Gasteiger partial charge in [0, 0.05) is 6.54 Å². The lowest BCUT2D eigenvalue weighted by molar-refractivity contribution is 0.0462. The summed E-state index contributed by atoms with van der Waals surface area (Å²) in [6, 6.07) is 8.20. The largest absolute Gasteiger partial charge is 0.444 e. The van der Waals surface area contributed by atoms with Crippen molar-refractivity contribution in [2.75, 3.05) is 6.54 Å². The van der Waals surface area contributed by atoms with Gasteiger partial charge in [-0.2, -0.15) is 0 Å². The normalized spacial score (nSPS) is 16.0. The number of halogens is 1. The molecule has 0 fully saturated rings. The Bertz CT molecular complexity index is 458. The van der Waals surface area contributed by atoms with Crippen molar-refractivity contribution in [2.45, 2.75) is 44.8 Å². The molecular formula is C15H23ClN2O2. The Labute approximate surface area is 126 Å². The predicted molar refractivity (Wildman–Crippen MR) is 82.3 cm³/mol. The minimum absolute atomic E-state index is 0. The van der Waals surface area contributed by atoms with Crippen LogP contribution in [0.4, 0.5) is 4.79 Å². The Kier molecular flexibility index (Phi) is 5.05. The number of fused-ring (bicyclic) bond motifs is 1. The molecule has 0 atom stereocenters. The van der Waals surface area contributed by atoms with Gasteiger partial charge in [0.15, 0.2) is 0 Å². The first kappa shape index (κ1) is 16.8. The fraction of sp³-hybridized carbons (Fsp3) is 0.533. The van der Waals surface area contributed by atoms with Crippen molar-refractivity contribution in [3.63, 3.8) is 0 Å². The lowest BCUT2D eigenvalue weighted by atomic mass is 9.96. The number of hydrogen-bond donors (Lipinski definition) is 2. The molecule has 0 heterocycles. The Hall–Kier alpha value is -1.26. The highest BCUT2D eigenvalue weighted by molar-refractivity contribution is 5.85. The molecule has 4 nitrogen and oxygen atoms in total. The molecule has 0 unspecified atom stereocenters. The van der Waals surface area contributed by atoms with E-state index in [-0.39, 0.29) is 12.4 Å². The Balaban J connectivity index is 0.00000200. The third-order valence-corrected chi connectivity index (χ3v) is 3.33. The first-order valence-electron chi connectivity index (χ1n) is 6.62. The summed E-state index contributed by atoms with van der Waals surface area (Å²) in [5.74, 6) is 0. The Morgan fingerprint density at radius 2 is 1.80 bits per heavy atom. The smallest absolute Gasteiger partial charge is 0.408 e. The zero-order valence-electron chi connectivity index (χ0n) is 12.2. The van der Waals surface area contributed by atoms with E-state index < -0.39 is 17.2 Å². The van der Waals surface area contributed by atoms with Crippen molar-refractivity contribution in [2.24, 2.45) is 5.73 Å². The molecule has 1 aliphatic carbocycles. The first-order valence-corrected chi connectivity index (χ1v) is 6.62. The number of nitrogens with two attached hydrogens (primary N) is 1. The Morgan fingerprint density at radius 3 is 2.20 bits per heavy atom. The molecule has 20 heavy (non-hydrogen) atoms. The van der Waals surface area contributed by atoms with Gasteiger partial charge in [0.1, 0.15) is 5.60 Å². The second-order valence-corrected chi connectivity index (χ2v) is 6.23. The van der Waals surface area contributed by atoms with Crippen LogP contribution in [-0.2, 0) is 17.6 Å². The quantitative estimate of drug-likeness (QED) is 0.881. The van der Waals surface area contributed by atoms with E-state index in [1.54, 1.807) is 0 Å². The maximum absolute atomic E-state index is 11.9. The maximum Gasteiger partial charge on any atom is 0.408 e. The molecule has 1 aliphatic rings. The van der Waals surface area contributed by atoms with Crippen molar-refractivity contribution in [1.82, 2.24) is 5.32 Å². The van der Waals surface area contributed by atoms with Crippen molar-refractivity contribution in [3.05, 3.63) is 35.4 Å².